The van der Waals surface area contributed by atoms with Gasteiger partial charge in [0.25, 0.3) is 0 Å². The molecule has 0 saturated carbocycles. The highest BCUT2D eigenvalue weighted by atomic mass is 32.2. The van der Waals surface area contributed by atoms with Gasteiger partial charge in [0, 0.05) is 18.5 Å². The lowest BCUT2D eigenvalue weighted by molar-refractivity contribution is -0.117. The molecule has 1 amide bonds. The monoisotopic (exact) mass is 255 g/mol. The van der Waals surface area contributed by atoms with Crippen molar-refractivity contribution in [1.29, 1.82) is 0 Å². The second-order valence-electron chi connectivity index (χ2n) is 3.89. The number of nitrogens with zero attached hydrogens (tertiary/aromatic N) is 1. The summed E-state index contributed by atoms with van der Waals surface area (Å²) < 4.78 is 22.8. The Bertz CT molecular complexity index is 482. The third-order valence-corrected chi connectivity index (χ3v) is 4.13. The molecular formula is C12H17NO3S. The Kier molecular flexibility index (Phi) is 4.28. The summed E-state index contributed by atoms with van der Waals surface area (Å²) in [6, 6.07) is 9.06. The smallest absolute Gasteiger partial charge is 0.245 e. The van der Waals surface area contributed by atoms with Crippen molar-refractivity contribution in [2.75, 3.05) is 17.7 Å². The third kappa shape index (κ3) is 3.30. The number of benzene rings is 1. The van der Waals surface area contributed by atoms with Gasteiger partial charge in [-0.2, -0.15) is 0 Å². The van der Waals surface area contributed by atoms with Gasteiger partial charge in [-0.3, -0.25) is 4.79 Å². The Morgan fingerprint density at radius 2 is 1.82 bits per heavy atom. The number of anilines is 1. The number of rotatable bonds is 4. The van der Waals surface area contributed by atoms with Crippen LogP contribution in [0.1, 0.15) is 13.8 Å². The Balaban J connectivity index is 3.01. The zero-order valence-electron chi connectivity index (χ0n) is 10.3. The largest absolute Gasteiger partial charge is 0.312 e. The quantitative estimate of drug-likeness (QED) is 0.818. The van der Waals surface area contributed by atoms with Crippen LogP contribution >= 0.6 is 0 Å². The minimum Gasteiger partial charge on any atom is -0.312 e. The van der Waals surface area contributed by atoms with Crippen LogP contribution in [0.25, 0.3) is 0 Å². The van der Waals surface area contributed by atoms with Gasteiger partial charge in [0.2, 0.25) is 5.91 Å². The summed E-state index contributed by atoms with van der Waals surface area (Å²) in [5.74, 6) is -0.388. The van der Waals surface area contributed by atoms with Gasteiger partial charge in [-0.05, 0) is 26.0 Å². The van der Waals surface area contributed by atoms with Crippen molar-refractivity contribution < 1.29 is 13.2 Å². The Labute approximate surface area is 102 Å². The summed E-state index contributed by atoms with van der Waals surface area (Å²) in [7, 11) is -3.36. The molecule has 0 radical (unpaired) electrons. The first-order chi connectivity index (χ1) is 7.88. The molecule has 0 spiro atoms. The minimum atomic E-state index is -3.36. The maximum Gasteiger partial charge on any atom is 0.245 e. The van der Waals surface area contributed by atoms with E-state index in [1.807, 2.05) is 25.1 Å². The molecule has 0 fully saturated rings. The van der Waals surface area contributed by atoms with Gasteiger partial charge in [-0.1, -0.05) is 18.2 Å². The molecule has 0 aromatic heterocycles. The van der Waals surface area contributed by atoms with Crippen LogP contribution in [0.15, 0.2) is 30.3 Å². The summed E-state index contributed by atoms with van der Waals surface area (Å²) in [5, 5.41) is -1.01. The molecule has 0 aliphatic carbocycles. The minimum absolute atomic E-state index is 0.388. The lowest BCUT2D eigenvalue weighted by Gasteiger charge is -2.23. The number of sulfone groups is 1. The Hall–Kier alpha value is -1.36. The van der Waals surface area contributed by atoms with Crippen molar-refractivity contribution in [3.63, 3.8) is 0 Å². The highest BCUT2D eigenvalue weighted by Gasteiger charge is 2.28. The van der Waals surface area contributed by atoms with E-state index in [1.165, 1.54) is 11.8 Å². The van der Waals surface area contributed by atoms with Gasteiger partial charge in [0.05, 0.1) is 0 Å². The Morgan fingerprint density at radius 3 is 2.24 bits per heavy atom. The van der Waals surface area contributed by atoms with Crippen LogP contribution in [0.5, 0.6) is 0 Å². The second kappa shape index (κ2) is 5.31. The average molecular weight is 255 g/mol. The summed E-state index contributed by atoms with van der Waals surface area (Å²) in [6.45, 7) is 3.69. The number of carbonyl (C=O) groups is 1. The molecule has 0 aliphatic heterocycles. The van der Waals surface area contributed by atoms with Gasteiger partial charge in [0.1, 0.15) is 5.25 Å². The van der Waals surface area contributed by atoms with E-state index in [-0.39, 0.29) is 5.91 Å². The number of amides is 1. The van der Waals surface area contributed by atoms with Crippen molar-refractivity contribution in [3.8, 4) is 0 Å². The van der Waals surface area contributed by atoms with Gasteiger partial charge >= 0.3 is 0 Å². The van der Waals surface area contributed by atoms with Crippen molar-refractivity contribution in [3.05, 3.63) is 30.3 Å². The normalized spacial score (nSPS) is 13.1. The van der Waals surface area contributed by atoms with Crippen LogP contribution in [0.3, 0.4) is 0 Å². The molecule has 0 aliphatic rings. The molecule has 1 aromatic carbocycles. The topological polar surface area (TPSA) is 54.5 Å². The molecular weight excluding hydrogens is 238 g/mol. The van der Waals surface area contributed by atoms with Crippen LogP contribution in [-0.4, -0.2) is 32.4 Å². The van der Waals surface area contributed by atoms with E-state index in [9.17, 15) is 13.2 Å². The maximum absolute atomic E-state index is 12.1. The highest BCUT2D eigenvalue weighted by Crippen LogP contribution is 2.16. The van der Waals surface area contributed by atoms with Crippen molar-refractivity contribution in [2.24, 2.45) is 0 Å². The average Bonchev–Trinajstić information content (AvgIpc) is 2.29. The van der Waals surface area contributed by atoms with Gasteiger partial charge in [-0.15, -0.1) is 0 Å². The summed E-state index contributed by atoms with van der Waals surface area (Å²) in [6.07, 6.45) is 1.08. The molecule has 0 heterocycles. The first-order valence-electron chi connectivity index (χ1n) is 5.43. The fourth-order valence-corrected chi connectivity index (χ4v) is 1.97. The number of hydrogen-bond donors (Lipinski definition) is 0. The van der Waals surface area contributed by atoms with E-state index in [0.717, 1.165) is 11.9 Å². The summed E-state index contributed by atoms with van der Waals surface area (Å²) in [5.41, 5.74) is 0.718. The first-order valence-corrected chi connectivity index (χ1v) is 7.38. The van der Waals surface area contributed by atoms with Gasteiger partial charge < -0.3 is 4.90 Å². The van der Waals surface area contributed by atoms with Gasteiger partial charge in [-0.25, -0.2) is 8.42 Å². The van der Waals surface area contributed by atoms with E-state index in [4.69, 9.17) is 0 Å². The van der Waals surface area contributed by atoms with Crippen LogP contribution in [0.4, 0.5) is 5.69 Å². The predicted molar refractivity (Wildman–Crippen MR) is 68.8 cm³/mol. The molecule has 1 aromatic rings. The number of carbonyl (C=O) groups excluding carboxylic acids is 1. The van der Waals surface area contributed by atoms with Crippen molar-refractivity contribution in [2.45, 2.75) is 19.1 Å². The lowest BCUT2D eigenvalue weighted by Crippen LogP contribution is -2.41. The molecule has 5 heteroatoms. The fourth-order valence-electron chi connectivity index (χ4n) is 1.48. The zero-order valence-corrected chi connectivity index (χ0v) is 11.1. The van der Waals surface area contributed by atoms with Crippen molar-refractivity contribution in [1.82, 2.24) is 0 Å². The SMILES string of the molecule is CCN(C(=O)[C@H](C)S(C)(=O)=O)c1ccccc1. The standard InChI is InChI=1S/C12H17NO3S/c1-4-13(11-8-6-5-7-9-11)12(14)10(2)17(3,15)16/h5-10H,4H2,1-3H3/t10-/m0/s1. The number of para-hydroxylation sites is 1. The molecule has 1 rings (SSSR count). The first kappa shape index (κ1) is 13.7. The Morgan fingerprint density at radius 1 is 1.29 bits per heavy atom. The fraction of sp³-hybridized carbons (Fsp3) is 0.417. The van der Waals surface area contributed by atoms with Crippen LogP contribution in [0.2, 0.25) is 0 Å². The third-order valence-electron chi connectivity index (χ3n) is 2.64. The highest BCUT2D eigenvalue weighted by molar-refractivity contribution is 7.92. The number of hydrogen-bond acceptors (Lipinski definition) is 3. The van der Waals surface area contributed by atoms with E-state index in [1.54, 1.807) is 12.1 Å². The second-order valence-corrected chi connectivity index (χ2v) is 6.26. The summed E-state index contributed by atoms with van der Waals surface area (Å²) >= 11 is 0. The van der Waals surface area contributed by atoms with E-state index >= 15 is 0 Å². The van der Waals surface area contributed by atoms with Crippen LogP contribution in [-0.2, 0) is 14.6 Å². The lowest BCUT2D eigenvalue weighted by atomic mass is 10.2. The summed E-state index contributed by atoms with van der Waals surface area (Å²) in [4.78, 5) is 13.5. The van der Waals surface area contributed by atoms with E-state index < -0.39 is 15.1 Å². The van der Waals surface area contributed by atoms with Gasteiger partial charge in [0.15, 0.2) is 9.84 Å². The molecule has 0 unspecified atom stereocenters. The van der Waals surface area contributed by atoms with Crippen LogP contribution < -0.4 is 4.90 Å². The zero-order chi connectivity index (χ0) is 13.1. The molecule has 0 bridgehead atoms. The van der Waals surface area contributed by atoms with Crippen molar-refractivity contribution >= 4 is 21.4 Å². The van der Waals surface area contributed by atoms with E-state index in [2.05, 4.69) is 0 Å². The molecule has 1 atom stereocenters. The molecule has 94 valence electrons. The molecule has 17 heavy (non-hydrogen) atoms. The molecule has 0 saturated heterocycles. The van der Waals surface area contributed by atoms with E-state index in [0.29, 0.717) is 6.54 Å². The molecule has 4 nitrogen and oxygen atoms in total. The maximum atomic E-state index is 12.1. The van der Waals surface area contributed by atoms with Crippen LogP contribution in [0, 0.1) is 0 Å². The predicted octanol–water partition coefficient (Wildman–Crippen LogP) is 1.47. The molecule has 0 N–H and O–H groups in total.